The lowest BCUT2D eigenvalue weighted by molar-refractivity contribution is -0.144. The average Bonchev–Trinajstić information content (AvgIpc) is 2.34. The number of hydrogen-bond donors (Lipinski definition) is 0. The van der Waals surface area contributed by atoms with E-state index in [4.69, 9.17) is 9.47 Å². The van der Waals surface area contributed by atoms with E-state index in [2.05, 4.69) is 13.8 Å². The molecule has 0 unspecified atom stereocenters. The van der Waals surface area contributed by atoms with Crippen molar-refractivity contribution >= 4 is 5.97 Å². The maximum Gasteiger partial charge on any atom is 0.333 e. The van der Waals surface area contributed by atoms with Gasteiger partial charge < -0.3 is 9.47 Å². The Morgan fingerprint density at radius 3 is 3.00 bits per heavy atom. The van der Waals surface area contributed by atoms with Gasteiger partial charge in [-0.1, -0.05) is 19.4 Å². The van der Waals surface area contributed by atoms with Crippen molar-refractivity contribution in [3.8, 4) is 0 Å². The molecule has 0 saturated carbocycles. The highest BCUT2D eigenvalue weighted by atomic mass is 16.6. The van der Waals surface area contributed by atoms with Crippen LogP contribution in [0.5, 0.6) is 0 Å². The summed E-state index contributed by atoms with van der Waals surface area (Å²) in [5, 5.41) is 0. The zero-order valence-electron chi connectivity index (χ0n) is 10.0. The van der Waals surface area contributed by atoms with Crippen LogP contribution in [0, 0.1) is 6.92 Å². The minimum Gasteiger partial charge on any atom is -0.460 e. The normalized spacial score (nSPS) is 21.9. The van der Waals surface area contributed by atoms with E-state index in [1.165, 1.54) is 0 Å². The summed E-state index contributed by atoms with van der Waals surface area (Å²) < 4.78 is 10.6. The fourth-order valence-corrected chi connectivity index (χ4v) is 1.60. The molecule has 1 radical (unpaired) electrons. The summed E-state index contributed by atoms with van der Waals surface area (Å²) in [6, 6.07) is 0. The van der Waals surface area contributed by atoms with Crippen molar-refractivity contribution in [3.05, 3.63) is 18.6 Å². The summed E-state index contributed by atoms with van der Waals surface area (Å²) in [5.74, 6) is -0.317. The second-order valence-electron chi connectivity index (χ2n) is 4.11. The Bertz CT molecular complexity index is 240. The van der Waals surface area contributed by atoms with Crippen LogP contribution in [0.25, 0.3) is 0 Å². The van der Waals surface area contributed by atoms with Crippen LogP contribution in [-0.4, -0.2) is 25.3 Å². The second kappa shape index (κ2) is 7.44. The number of hydrogen-bond acceptors (Lipinski definition) is 3. The van der Waals surface area contributed by atoms with Gasteiger partial charge >= 0.3 is 5.97 Å². The van der Waals surface area contributed by atoms with Crippen LogP contribution >= 0.6 is 0 Å². The van der Waals surface area contributed by atoms with Gasteiger partial charge in [0.2, 0.25) is 0 Å². The van der Waals surface area contributed by atoms with Crippen molar-refractivity contribution in [3.63, 3.8) is 0 Å². The van der Waals surface area contributed by atoms with Crippen LogP contribution < -0.4 is 0 Å². The molecule has 1 saturated heterocycles. The molecular weight excluding hydrogens is 204 g/mol. The number of ether oxygens (including phenoxy) is 2. The maximum absolute atomic E-state index is 11.5. The first-order valence-corrected chi connectivity index (χ1v) is 6.05. The first-order valence-electron chi connectivity index (χ1n) is 6.05. The highest BCUT2D eigenvalue weighted by molar-refractivity contribution is 5.89. The molecular formula is C13H21O3. The number of unbranched alkanes of at least 4 members (excludes halogenated alkanes) is 1. The molecule has 1 heterocycles. The van der Waals surface area contributed by atoms with Gasteiger partial charge in [0.1, 0.15) is 6.61 Å². The van der Waals surface area contributed by atoms with E-state index < -0.39 is 0 Å². The molecule has 0 aromatic carbocycles. The fraction of sp³-hybridized carbons (Fsp3) is 0.692. The van der Waals surface area contributed by atoms with Gasteiger partial charge in [0.25, 0.3) is 0 Å². The minimum absolute atomic E-state index is 0.0803. The van der Waals surface area contributed by atoms with Crippen LogP contribution in [0.15, 0.2) is 11.6 Å². The Hall–Kier alpha value is -0.830. The molecule has 1 rings (SSSR count). The first kappa shape index (κ1) is 13.2. The van der Waals surface area contributed by atoms with E-state index >= 15 is 0 Å². The third-order valence-electron chi connectivity index (χ3n) is 2.62. The molecule has 3 heteroatoms. The van der Waals surface area contributed by atoms with Crippen molar-refractivity contribution in [1.29, 1.82) is 0 Å². The van der Waals surface area contributed by atoms with Gasteiger partial charge in [-0.3, -0.25) is 0 Å². The van der Waals surface area contributed by atoms with Gasteiger partial charge in [0.15, 0.2) is 0 Å². The monoisotopic (exact) mass is 225 g/mol. The zero-order valence-corrected chi connectivity index (χ0v) is 10.0. The largest absolute Gasteiger partial charge is 0.460 e. The molecule has 0 amide bonds. The third-order valence-corrected chi connectivity index (χ3v) is 2.62. The molecule has 1 fully saturated rings. The molecule has 0 N–H and O–H groups in total. The molecule has 0 aliphatic carbocycles. The van der Waals surface area contributed by atoms with Crippen molar-refractivity contribution in [1.82, 2.24) is 0 Å². The van der Waals surface area contributed by atoms with Crippen LogP contribution in [0.2, 0.25) is 0 Å². The molecule has 3 nitrogen and oxygen atoms in total. The predicted molar refractivity (Wildman–Crippen MR) is 62.9 cm³/mol. The van der Waals surface area contributed by atoms with Crippen molar-refractivity contribution in [2.45, 2.75) is 45.1 Å². The summed E-state index contributed by atoms with van der Waals surface area (Å²) in [7, 11) is 0. The van der Waals surface area contributed by atoms with Crippen LogP contribution in [0.4, 0.5) is 0 Å². The third kappa shape index (κ3) is 4.79. The lowest BCUT2D eigenvalue weighted by atomic mass is 10.1. The smallest absolute Gasteiger partial charge is 0.333 e. The fourth-order valence-electron chi connectivity index (χ4n) is 1.60. The van der Waals surface area contributed by atoms with E-state index in [1.807, 2.05) is 6.08 Å². The number of carbonyl (C=O) groups excluding carboxylic acids is 1. The number of rotatable bonds is 5. The number of carbonyl (C=O) groups is 1. The lowest BCUT2D eigenvalue weighted by Gasteiger charge is -2.22. The van der Waals surface area contributed by atoms with E-state index in [0.717, 1.165) is 38.7 Å². The summed E-state index contributed by atoms with van der Waals surface area (Å²) >= 11 is 0. The molecule has 0 aromatic heterocycles. The van der Waals surface area contributed by atoms with Crippen molar-refractivity contribution < 1.29 is 14.3 Å². The SMILES string of the molecule is [CH2]/C(=C/CCC)C(=O)OC[C@@H]1CCCCO1. The zero-order chi connectivity index (χ0) is 11.8. The Balaban J connectivity index is 2.23. The molecule has 16 heavy (non-hydrogen) atoms. The highest BCUT2D eigenvalue weighted by Crippen LogP contribution is 2.13. The average molecular weight is 225 g/mol. The van der Waals surface area contributed by atoms with Gasteiger partial charge in [-0.05, 0) is 32.6 Å². The van der Waals surface area contributed by atoms with Crippen molar-refractivity contribution in [2.24, 2.45) is 0 Å². The first-order chi connectivity index (χ1) is 7.74. The van der Waals surface area contributed by atoms with E-state index in [9.17, 15) is 4.79 Å². The maximum atomic E-state index is 11.5. The highest BCUT2D eigenvalue weighted by Gasteiger charge is 2.16. The lowest BCUT2D eigenvalue weighted by Crippen LogP contribution is -2.26. The predicted octanol–water partition coefficient (Wildman–Crippen LogP) is 2.66. The summed E-state index contributed by atoms with van der Waals surface area (Å²) in [6.45, 7) is 6.89. The van der Waals surface area contributed by atoms with Crippen LogP contribution in [0.3, 0.4) is 0 Å². The topological polar surface area (TPSA) is 35.5 Å². The Kier molecular flexibility index (Phi) is 6.16. The van der Waals surface area contributed by atoms with Gasteiger partial charge in [0, 0.05) is 12.2 Å². The molecule has 1 atom stereocenters. The number of esters is 1. The minimum atomic E-state index is -0.317. The standard InChI is InChI=1S/C13H21O3/c1-3-4-7-11(2)13(14)16-10-12-8-5-6-9-15-12/h7,12H,2-6,8-10H2,1H3/b11-7-/t12-/m0/s1. The van der Waals surface area contributed by atoms with E-state index in [0.29, 0.717) is 12.2 Å². The van der Waals surface area contributed by atoms with Gasteiger partial charge in [-0.2, -0.15) is 0 Å². The molecule has 1 aliphatic rings. The van der Waals surface area contributed by atoms with E-state index in [-0.39, 0.29) is 12.1 Å². The molecule has 91 valence electrons. The van der Waals surface area contributed by atoms with Crippen LogP contribution in [-0.2, 0) is 14.3 Å². The quantitative estimate of drug-likeness (QED) is 0.533. The summed E-state index contributed by atoms with van der Waals surface area (Å²) in [4.78, 5) is 11.5. The second-order valence-corrected chi connectivity index (χ2v) is 4.11. The molecule has 0 bridgehead atoms. The van der Waals surface area contributed by atoms with Gasteiger partial charge in [-0.25, -0.2) is 4.79 Å². The summed E-state index contributed by atoms with van der Waals surface area (Å²) in [6.07, 6.45) is 7.04. The van der Waals surface area contributed by atoms with Gasteiger partial charge in [-0.15, -0.1) is 0 Å². The summed E-state index contributed by atoms with van der Waals surface area (Å²) in [5.41, 5.74) is 0.456. The van der Waals surface area contributed by atoms with Crippen molar-refractivity contribution in [2.75, 3.05) is 13.2 Å². The molecule has 0 aromatic rings. The van der Waals surface area contributed by atoms with E-state index in [1.54, 1.807) is 0 Å². The molecule has 0 spiro atoms. The van der Waals surface area contributed by atoms with Crippen LogP contribution in [0.1, 0.15) is 39.0 Å². The molecule has 1 aliphatic heterocycles. The number of allylic oxidation sites excluding steroid dienone is 1. The Labute approximate surface area is 97.8 Å². The Morgan fingerprint density at radius 2 is 2.38 bits per heavy atom. The Morgan fingerprint density at radius 1 is 1.56 bits per heavy atom. The van der Waals surface area contributed by atoms with Gasteiger partial charge in [0.05, 0.1) is 6.10 Å².